The van der Waals surface area contributed by atoms with Gasteiger partial charge in [-0.25, -0.2) is 4.98 Å². The molecular weight excluding hydrogens is 414 g/mol. The van der Waals surface area contributed by atoms with E-state index < -0.39 is 6.29 Å². The number of aryl methyl sites for hydroxylation is 2. The number of aromatic nitrogens is 5. The van der Waals surface area contributed by atoms with Crippen LogP contribution in [0.3, 0.4) is 0 Å². The van der Waals surface area contributed by atoms with E-state index >= 15 is 0 Å². The maximum atomic E-state index is 9.76. The Balaban J connectivity index is 1.30. The molecule has 4 atom stereocenters. The molecule has 2 aliphatic rings. The SMILES string of the molecule is OCCn1nccc1CCc1nc2nc(O[C@@H]3CO[C@H]4[C@@H]3CO[C@H]4O)[nH]c2cc1Cl. The van der Waals surface area contributed by atoms with Crippen molar-refractivity contribution in [3.05, 3.63) is 34.7 Å². The molecule has 0 aromatic carbocycles. The summed E-state index contributed by atoms with van der Waals surface area (Å²) in [5.41, 5.74) is 2.94. The first-order valence-electron chi connectivity index (χ1n) is 9.87. The van der Waals surface area contributed by atoms with Gasteiger partial charge in [-0.15, -0.1) is 0 Å². The third-order valence-electron chi connectivity index (χ3n) is 5.57. The van der Waals surface area contributed by atoms with E-state index in [2.05, 4.69) is 20.1 Å². The van der Waals surface area contributed by atoms with E-state index in [4.69, 9.17) is 30.9 Å². The number of nitrogens with zero attached hydrogens (tertiary/aromatic N) is 4. The Bertz CT molecular complexity index is 1040. The van der Waals surface area contributed by atoms with Crippen LogP contribution in [0.4, 0.5) is 0 Å². The zero-order valence-corrected chi connectivity index (χ0v) is 16.8. The Labute approximate surface area is 176 Å². The average molecular weight is 436 g/mol. The van der Waals surface area contributed by atoms with Crippen LogP contribution in [-0.2, 0) is 28.9 Å². The monoisotopic (exact) mass is 435 g/mol. The van der Waals surface area contributed by atoms with Crippen molar-refractivity contribution in [1.29, 1.82) is 0 Å². The molecule has 0 radical (unpaired) electrons. The minimum Gasteiger partial charge on any atom is -0.458 e. The molecule has 0 amide bonds. The fourth-order valence-corrected chi connectivity index (χ4v) is 4.25. The van der Waals surface area contributed by atoms with Gasteiger partial charge < -0.3 is 29.4 Å². The number of ether oxygens (including phenoxy) is 3. The molecule has 3 N–H and O–H groups in total. The fourth-order valence-electron chi connectivity index (χ4n) is 4.01. The molecule has 0 bridgehead atoms. The first kappa shape index (κ1) is 19.7. The predicted molar refractivity (Wildman–Crippen MR) is 105 cm³/mol. The van der Waals surface area contributed by atoms with Gasteiger partial charge >= 0.3 is 0 Å². The largest absolute Gasteiger partial charge is 0.458 e. The maximum absolute atomic E-state index is 9.76. The standard InChI is InChI=1S/C19H22ClN5O5/c20-12-7-14-17(22-13(12)2-1-10-3-4-21-25(10)5-6-26)24-19(23-14)30-15-9-28-16-11(15)8-29-18(16)27/h3-4,7,11,15-16,18,26-27H,1-2,5-6,8-9H2,(H,22,23,24)/t11-,15-,16+,18-/m1/s1. The normalized spacial score (nSPS) is 25.8. The van der Waals surface area contributed by atoms with Gasteiger partial charge in [0, 0.05) is 11.9 Å². The topological polar surface area (TPSA) is 128 Å². The number of aliphatic hydroxyl groups is 2. The number of H-pyrrole nitrogens is 1. The molecule has 160 valence electrons. The Hall–Kier alpha value is -2.24. The molecule has 5 rings (SSSR count). The lowest BCUT2D eigenvalue weighted by atomic mass is 10.0. The first-order valence-corrected chi connectivity index (χ1v) is 10.2. The summed E-state index contributed by atoms with van der Waals surface area (Å²) in [6.45, 7) is 1.25. The Kier molecular flexibility index (Phi) is 5.34. The number of imidazole rings is 1. The third-order valence-corrected chi connectivity index (χ3v) is 5.90. The average Bonchev–Trinajstić information content (AvgIpc) is 3.48. The number of hydrogen-bond acceptors (Lipinski definition) is 8. The summed E-state index contributed by atoms with van der Waals surface area (Å²) in [5.74, 6) is -0.0379. The third kappa shape index (κ3) is 3.65. The lowest BCUT2D eigenvalue weighted by Gasteiger charge is -2.14. The predicted octanol–water partition coefficient (Wildman–Crippen LogP) is 0.696. The van der Waals surface area contributed by atoms with Crippen molar-refractivity contribution in [1.82, 2.24) is 24.7 Å². The second-order valence-corrected chi connectivity index (χ2v) is 7.85. The highest BCUT2D eigenvalue weighted by molar-refractivity contribution is 6.31. The summed E-state index contributed by atoms with van der Waals surface area (Å²) in [6.07, 6.45) is 1.50. The molecule has 0 saturated carbocycles. The van der Waals surface area contributed by atoms with Gasteiger partial charge in [0.1, 0.15) is 12.2 Å². The van der Waals surface area contributed by atoms with Crippen molar-refractivity contribution in [2.45, 2.75) is 37.9 Å². The van der Waals surface area contributed by atoms with Crippen molar-refractivity contribution in [3.63, 3.8) is 0 Å². The van der Waals surface area contributed by atoms with Gasteiger partial charge in [0.15, 0.2) is 11.9 Å². The lowest BCUT2D eigenvalue weighted by molar-refractivity contribution is -0.123. The zero-order valence-electron chi connectivity index (χ0n) is 16.1. The molecule has 3 aromatic heterocycles. The minimum atomic E-state index is -0.906. The number of pyridine rings is 1. The van der Waals surface area contributed by atoms with Gasteiger partial charge in [0.25, 0.3) is 6.01 Å². The number of fused-ring (bicyclic) bond motifs is 2. The van der Waals surface area contributed by atoms with E-state index in [-0.39, 0.29) is 24.7 Å². The molecule has 10 nitrogen and oxygen atoms in total. The molecule has 30 heavy (non-hydrogen) atoms. The van der Waals surface area contributed by atoms with Crippen LogP contribution in [0.2, 0.25) is 5.02 Å². The van der Waals surface area contributed by atoms with Gasteiger partial charge in [-0.3, -0.25) is 4.68 Å². The smallest absolute Gasteiger partial charge is 0.296 e. The molecule has 5 heterocycles. The highest BCUT2D eigenvalue weighted by Gasteiger charge is 2.48. The Morgan fingerprint density at radius 1 is 1.27 bits per heavy atom. The van der Waals surface area contributed by atoms with Gasteiger partial charge in [-0.2, -0.15) is 10.1 Å². The number of aromatic amines is 1. The molecule has 0 spiro atoms. The van der Waals surface area contributed by atoms with E-state index in [0.717, 1.165) is 11.4 Å². The van der Waals surface area contributed by atoms with Crippen molar-refractivity contribution in [2.24, 2.45) is 5.92 Å². The number of rotatable bonds is 7. The van der Waals surface area contributed by atoms with Crippen LogP contribution in [-0.4, -0.2) is 73.3 Å². The van der Waals surface area contributed by atoms with Crippen molar-refractivity contribution < 1.29 is 24.4 Å². The van der Waals surface area contributed by atoms with Crippen molar-refractivity contribution in [2.75, 3.05) is 19.8 Å². The van der Waals surface area contributed by atoms with Gasteiger partial charge in [0.2, 0.25) is 0 Å². The van der Waals surface area contributed by atoms with Crippen molar-refractivity contribution >= 4 is 22.8 Å². The van der Waals surface area contributed by atoms with Crippen LogP contribution < -0.4 is 4.74 Å². The maximum Gasteiger partial charge on any atom is 0.296 e. The molecule has 3 aromatic rings. The highest BCUT2D eigenvalue weighted by atomic mass is 35.5. The zero-order chi connectivity index (χ0) is 20.7. The number of nitrogens with one attached hydrogen (secondary N) is 1. The van der Waals surface area contributed by atoms with Crippen LogP contribution in [0.1, 0.15) is 11.4 Å². The number of halogens is 1. The van der Waals surface area contributed by atoms with E-state index in [9.17, 15) is 5.11 Å². The molecule has 0 aliphatic carbocycles. The quantitative estimate of drug-likeness (QED) is 0.494. The minimum absolute atomic E-state index is 0.0361. The van der Waals surface area contributed by atoms with E-state index in [1.807, 2.05) is 6.07 Å². The second kappa shape index (κ2) is 8.12. The van der Waals surface area contributed by atoms with E-state index in [1.165, 1.54) is 0 Å². The molecule has 2 fully saturated rings. The molecular formula is C19H22ClN5O5. The summed E-state index contributed by atoms with van der Waals surface area (Å²) in [4.78, 5) is 12.1. The van der Waals surface area contributed by atoms with Crippen LogP contribution in [0.15, 0.2) is 18.3 Å². The highest BCUT2D eigenvalue weighted by Crippen LogP contribution is 2.33. The number of aliphatic hydroxyl groups excluding tert-OH is 2. The molecule has 2 aliphatic heterocycles. The number of hydrogen-bond donors (Lipinski definition) is 3. The summed E-state index contributed by atoms with van der Waals surface area (Å²) in [6, 6.07) is 4.05. The van der Waals surface area contributed by atoms with Gasteiger partial charge in [-0.1, -0.05) is 11.6 Å². The van der Waals surface area contributed by atoms with Crippen LogP contribution in [0, 0.1) is 5.92 Å². The summed E-state index contributed by atoms with van der Waals surface area (Å²) >= 11 is 6.44. The van der Waals surface area contributed by atoms with E-state index in [1.54, 1.807) is 16.9 Å². The second-order valence-electron chi connectivity index (χ2n) is 7.44. The van der Waals surface area contributed by atoms with E-state index in [0.29, 0.717) is 54.8 Å². The molecule has 2 saturated heterocycles. The van der Waals surface area contributed by atoms with Crippen LogP contribution >= 0.6 is 11.6 Å². The molecule has 0 unspecified atom stereocenters. The first-order chi connectivity index (χ1) is 14.6. The van der Waals surface area contributed by atoms with Crippen LogP contribution in [0.25, 0.3) is 11.2 Å². The Morgan fingerprint density at radius 3 is 3.03 bits per heavy atom. The summed E-state index contributed by atoms with van der Waals surface area (Å²) in [5, 5.41) is 23.6. The Morgan fingerprint density at radius 2 is 2.17 bits per heavy atom. The van der Waals surface area contributed by atoms with Gasteiger partial charge in [-0.05, 0) is 25.0 Å². The van der Waals surface area contributed by atoms with Crippen molar-refractivity contribution in [3.8, 4) is 6.01 Å². The van der Waals surface area contributed by atoms with Gasteiger partial charge in [0.05, 0.1) is 48.5 Å². The summed E-state index contributed by atoms with van der Waals surface area (Å²) < 4.78 is 18.5. The molecule has 11 heteroatoms. The summed E-state index contributed by atoms with van der Waals surface area (Å²) in [7, 11) is 0. The fraction of sp³-hybridized carbons (Fsp3) is 0.526. The lowest BCUT2D eigenvalue weighted by Crippen LogP contribution is -2.30. The van der Waals surface area contributed by atoms with Crippen LogP contribution in [0.5, 0.6) is 6.01 Å².